The summed E-state index contributed by atoms with van der Waals surface area (Å²) in [5.41, 5.74) is 0.0547. The Morgan fingerprint density at radius 1 is 1.29 bits per heavy atom. The molecule has 0 N–H and O–H groups in total. The zero-order chi connectivity index (χ0) is 10.4. The fourth-order valence-corrected chi connectivity index (χ4v) is 1.80. The molecule has 0 fully saturated rings. The Balaban J connectivity index is 2.49. The molecule has 0 amide bonds. The fraction of sp³-hybridized carbons (Fsp3) is 0.500. The first-order valence-corrected chi connectivity index (χ1v) is 5.99. The van der Waals surface area contributed by atoms with Crippen LogP contribution in [-0.2, 0) is 6.54 Å². The van der Waals surface area contributed by atoms with Gasteiger partial charge in [-0.25, -0.2) is 0 Å². The highest BCUT2D eigenvalue weighted by Gasteiger charge is 1.96. The van der Waals surface area contributed by atoms with Crippen LogP contribution in [-0.4, -0.2) is 10.4 Å². The van der Waals surface area contributed by atoms with E-state index in [2.05, 4.69) is 15.9 Å². The molecule has 0 bridgehead atoms. The molecule has 1 aromatic rings. The van der Waals surface area contributed by atoms with Gasteiger partial charge in [-0.1, -0.05) is 6.42 Å². The molecule has 0 saturated carbocycles. The van der Waals surface area contributed by atoms with Crippen LogP contribution < -0.4 is 5.56 Å². The Hall–Kier alpha value is -0.280. The number of halogens is 2. The Bertz CT molecular complexity index is 337. The molecular weight excluding hydrogens is 265 g/mol. The van der Waals surface area contributed by atoms with Crippen molar-refractivity contribution in [1.29, 1.82) is 0 Å². The second-order valence-corrected chi connectivity index (χ2v) is 4.42. The number of alkyl halides is 1. The van der Waals surface area contributed by atoms with Crippen LogP contribution in [0.25, 0.3) is 0 Å². The molecule has 0 atom stereocenters. The molecule has 0 aliphatic heterocycles. The zero-order valence-corrected chi connectivity index (χ0v) is 10.2. The summed E-state index contributed by atoms with van der Waals surface area (Å²) in [6, 6.07) is 3.34. The van der Waals surface area contributed by atoms with Crippen molar-refractivity contribution in [2.45, 2.75) is 25.8 Å². The lowest BCUT2D eigenvalue weighted by molar-refractivity contribution is 0.587. The zero-order valence-electron chi connectivity index (χ0n) is 7.88. The largest absolute Gasteiger partial charge is 0.314 e. The lowest BCUT2D eigenvalue weighted by Gasteiger charge is -2.04. The van der Waals surface area contributed by atoms with Gasteiger partial charge in [0.05, 0.1) is 0 Å². The number of hydrogen-bond donors (Lipinski definition) is 0. The summed E-state index contributed by atoms with van der Waals surface area (Å²) >= 11 is 8.90. The molecule has 1 rings (SSSR count). The molecule has 0 radical (unpaired) electrons. The van der Waals surface area contributed by atoms with E-state index in [4.69, 9.17) is 11.6 Å². The van der Waals surface area contributed by atoms with Crippen molar-refractivity contribution >= 4 is 27.5 Å². The van der Waals surface area contributed by atoms with E-state index in [1.807, 2.05) is 6.20 Å². The fourth-order valence-electron chi connectivity index (χ4n) is 1.23. The van der Waals surface area contributed by atoms with E-state index in [1.165, 1.54) is 0 Å². The minimum Gasteiger partial charge on any atom is -0.314 e. The molecule has 0 aliphatic carbocycles. The highest BCUT2D eigenvalue weighted by molar-refractivity contribution is 9.10. The molecule has 2 nitrogen and oxygen atoms in total. The van der Waals surface area contributed by atoms with E-state index in [1.54, 1.807) is 16.7 Å². The van der Waals surface area contributed by atoms with Crippen LogP contribution in [0.15, 0.2) is 27.6 Å². The summed E-state index contributed by atoms with van der Waals surface area (Å²) in [6.07, 6.45) is 4.92. The van der Waals surface area contributed by atoms with E-state index in [0.29, 0.717) is 5.88 Å². The third-order valence-corrected chi connectivity index (χ3v) is 2.72. The lowest BCUT2D eigenvalue weighted by atomic mass is 10.2. The predicted octanol–water partition coefficient (Wildman–Crippen LogP) is 3.02. The van der Waals surface area contributed by atoms with Crippen LogP contribution in [0.1, 0.15) is 19.3 Å². The lowest BCUT2D eigenvalue weighted by Crippen LogP contribution is -2.18. The van der Waals surface area contributed by atoms with Crippen molar-refractivity contribution < 1.29 is 0 Å². The summed E-state index contributed by atoms with van der Waals surface area (Å²) in [5.74, 6) is 0.702. The normalized spacial score (nSPS) is 10.4. The minimum atomic E-state index is 0.0547. The third-order valence-electron chi connectivity index (χ3n) is 1.98. The topological polar surface area (TPSA) is 22.0 Å². The molecular formula is C10H13BrClNO. The van der Waals surface area contributed by atoms with Crippen LogP contribution in [0.4, 0.5) is 0 Å². The number of unbranched alkanes of at least 4 members (excludes halogenated alkanes) is 2. The van der Waals surface area contributed by atoms with Crippen molar-refractivity contribution in [1.82, 2.24) is 4.57 Å². The van der Waals surface area contributed by atoms with Crippen LogP contribution in [0, 0.1) is 0 Å². The van der Waals surface area contributed by atoms with Crippen molar-refractivity contribution in [3.05, 3.63) is 33.2 Å². The van der Waals surface area contributed by atoms with E-state index in [0.717, 1.165) is 30.3 Å². The van der Waals surface area contributed by atoms with Gasteiger partial charge in [0, 0.05) is 29.2 Å². The number of hydrogen-bond acceptors (Lipinski definition) is 1. The van der Waals surface area contributed by atoms with Gasteiger partial charge in [0.1, 0.15) is 0 Å². The van der Waals surface area contributed by atoms with Crippen LogP contribution >= 0.6 is 27.5 Å². The maximum atomic E-state index is 11.4. The van der Waals surface area contributed by atoms with E-state index in [9.17, 15) is 4.79 Å². The monoisotopic (exact) mass is 277 g/mol. The predicted molar refractivity (Wildman–Crippen MR) is 63.0 cm³/mol. The molecule has 1 heterocycles. The SMILES string of the molecule is O=c1ccc(Br)cn1CCCCCCl. The summed E-state index contributed by atoms with van der Waals surface area (Å²) in [7, 11) is 0. The second-order valence-electron chi connectivity index (χ2n) is 3.13. The molecule has 1 aromatic heterocycles. The van der Waals surface area contributed by atoms with Crippen molar-refractivity contribution in [2.24, 2.45) is 0 Å². The smallest absolute Gasteiger partial charge is 0.250 e. The van der Waals surface area contributed by atoms with Gasteiger partial charge in [-0.05, 0) is 34.8 Å². The Morgan fingerprint density at radius 2 is 2.07 bits per heavy atom. The van der Waals surface area contributed by atoms with Gasteiger partial charge in [0.25, 0.3) is 5.56 Å². The number of rotatable bonds is 5. The average Bonchev–Trinajstić information content (AvgIpc) is 2.18. The Labute approximate surface area is 97.0 Å². The van der Waals surface area contributed by atoms with Crippen molar-refractivity contribution in [2.75, 3.05) is 5.88 Å². The van der Waals surface area contributed by atoms with Crippen LogP contribution in [0.2, 0.25) is 0 Å². The van der Waals surface area contributed by atoms with Gasteiger partial charge in [-0.3, -0.25) is 4.79 Å². The average molecular weight is 279 g/mol. The van der Waals surface area contributed by atoms with Crippen LogP contribution in [0.3, 0.4) is 0 Å². The first kappa shape index (κ1) is 11.8. The number of aromatic nitrogens is 1. The summed E-state index contributed by atoms with van der Waals surface area (Å²) in [5, 5.41) is 0. The first-order chi connectivity index (χ1) is 6.74. The Kier molecular flexibility index (Phi) is 5.26. The maximum absolute atomic E-state index is 11.4. The number of aryl methyl sites for hydroxylation is 1. The Morgan fingerprint density at radius 3 is 2.79 bits per heavy atom. The summed E-state index contributed by atoms with van der Waals surface area (Å²) in [6.45, 7) is 0.773. The first-order valence-electron chi connectivity index (χ1n) is 4.66. The third kappa shape index (κ3) is 3.84. The molecule has 0 spiro atoms. The van der Waals surface area contributed by atoms with Crippen molar-refractivity contribution in [3.8, 4) is 0 Å². The molecule has 0 aliphatic rings. The van der Waals surface area contributed by atoms with Gasteiger partial charge < -0.3 is 4.57 Å². The van der Waals surface area contributed by atoms with Gasteiger partial charge in [0.15, 0.2) is 0 Å². The molecule has 0 unspecified atom stereocenters. The number of nitrogens with zero attached hydrogens (tertiary/aromatic N) is 1. The standard InChI is InChI=1S/C10H13BrClNO/c11-9-4-5-10(14)13(8-9)7-3-1-2-6-12/h4-5,8H,1-3,6-7H2. The summed E-state index contributed by atoms with van der Waals surface area (Å²) in [4.78, 5) is 11.4. The van der Waals surface area contributed by atoms with Gasteiger partial charge in [0.2, 0.25) is 0 Å². The van der Waals surface area contributed by atoms with Gasteiger partial charge in [-0.15, -0.1) is 11.6 Å². The summed E-state index contributed by atoms with van der Waals surface area (Å²) < 4.78 is 2.66. The molecule has 78 valence electrons. The van der Waals surface area contributed by atoms with Crippen molar-refractivity contribution in [3.63, 3.8) is 0 Å². The molecule has 0 aromatic carbocycles. The molecule has 0 saturated heterocycles. The van der Waals surface area contributed by atoms with Crippen LogP contribution in [0.5, 0.6) is 0 Å². The van der Waals surface area contributed by atoms with Gasteiger partial charge >= 0.3 is 0 Å². The molecule has 14 heavy (non-hydrogen) atoms. The molecule has 4 heteroatoms. The van der Waals surface area contributed by atoms with E-state index < -0.39 is 0 Å². The van der Waals surface area contributed by atoms with E-state index >= 15 is 0 Å². The number of pyridine rings is 1. The van der Waals surface area contributed by atoms with Gasteiger partial charge in [-0.2, -0.15) is 0 Å². The minimum absolute atomic E-state index is 0.0547. The highest BCUT2D eigenvalue weighted by atomic mass is 79.9. The van der Waals surface area contributed by atoms with E-state index in [-0.39, 0.29) is 5.56 Å². The maximum Gasteiger partial charge on any atom is 0.250 e. The highest BCUT2D eigenvalue weighted by Crippen LogP contribution is 2.06. The second kappa shape index (κ2) is 6.25. The quantitative estimate of drug-likeness (QED) is 0.599.